The maximum atomic E-state index is 15.3. The largest absolute Gasteiger partial charge is 0.490 e. The first kappa shape index (κ1) is 29.2. The standard InChI is InChI=1S/C37H41F3O/c1-3-5-6-25-7-9-26(10-8-25)27-11-15-29(16-12-27)32-20-19-31(24-34(32)38)28-13-17-30(18-14-28)33-21-22-35(41-23-4-2)37(40)36(33)39/h3,13-15,17-22,24-27H,1,4-12,16,23H2,2H3. The molecule has 1 atom stereocenters. The Labute approximate surface area is 243 Å². The molecular formula is C37H41F3O. The number of halogens is 3. The van der Waals surface area contributed by atoms with Gasteiger partial charge in [-0.1, -0.05) is 68.3 Å². The molecular weight excluding hydrogens is 517 g/mol. The summed E-state index contributed by atoms with van der Waals surface area (Å²) in [6, 6.07) is 15.5. The first-order valence-corrected chi connectivity index (χ1v) is 15.3. The van der Waals surface area contributed by atoms with Crippen molar-refractivity contribution >= 4 is 5.57 Å². The van der Waals surface area contributed by atoms with E-state index in [-0.39, 0.29) is 17.1 Å². The van der Waals surface area contributed by atoms with E-state index in [9.17, 15) is 8.78 Å². The van der Waals surface area contributed by atoms with E-state index in [4.69, 9.17) is 4.74 Å². The molecule has 3 aromatic carbocycles. The van der Waals surface area contributed by atoms with Crippen LogP contribution in [0.3, 0.4) is 0 Å². The Kier molecular flexibility index (Phi) is 9.69. The molecule has 0 heterocycles. The molecule has 1 unspecified atom stereocenters. The quantitative estimate of drug-likeness (QED) is 0.225. The van der Waals surface area contributed by atoms with Gasteiger partial charge in [0.1, 0.15) is 5.82 Å². The molecule has 2 aliphatic rings. The van der Waals surface area contributed by atoms with Crippen LogP contribution in [-0.4, -0.2) is 6.61 Å². The molecule has 3 aromatic rings. The highest BCUT2D eigenvalue weighted by Crippen LogP contribution is 2.42. The maximum Gasteiger partial charge on any atom is 0.201 e. The van der Waals surface area contributed by atoms with Crippen LogP contribution >= 0.6 is 0 Å². The van der Waals surface area contributed by atoms with Crippen molar-refractivity contribution in [2.24, 2.45) is 17.8 Å². The molecule has 5 rings (SSSR count). The van der Waals surface area contributed by atoms with E-state index in [2.05, 4.69) is 12.7 Å². The molecule has 0 aliphatic heterocycles. The summed E-state index contributed by atoms with van der Waals surface area (Å²) >= 11 is 0. The zero-order valence-corrected chi connectivity index (χ0v) is 24.1. The topological polar surface area (TPSA) is 9.23 Å². The fraction of sp³-hybridized carbons (Fsp3) is 0.405. The van der Waals surface area contributed by atoms with Gasteiger partial charge in [0.2, 0.25) is 5.82 Å². The lowest BCUT2D eigenvalue weighted by molar-refractivity contribution is 0.190. The number of rotatable bonds is 10. The number of ether oxygens (including phenoxy) is 1. The van der Waals surface area contributed by atoms with Crippen LogP contribution < -0.4 is 4.74 Å². The second-order valence-electron chi connectivity index (χ2n) is 11.8. The van der Waals surface area contributed by atoms with Crippen LogP contribution in [0.4, 0.5) is 13.2 Å². The molecule has 1 saturated carbocycles. The first-order valence-electron chi connectivity index (χ1n) is 15.3. The fourth-order valence-corrected chi connectivity index (χ4v) is 6.70. The van der Waals surface area contributed by atoms with Crippen LogP contribution in [0.25, 0.3) is 27.8 Å². The Morgan fingerprint density at radius 2 is 1.51 bits per heavy atom. The summed E-state index contributed by atoms with van der Waals surface area (Å²) in [5.41, 5.74) is 4.11. The van der Waals surface area contributed by atoms with Crippen molar-refractivity contribution in [3.63, 3.8) is 0 Å². The average molecular weight is 559 g/mol. The van der Waals surface area contributed by atoms with Crippen molar-refractivity contribution in [3.05, 3.63) is 96.3 Å². The summed E-state index contributed by atoms with van der Waals surface area (Å²) in [4.78, 5) is 0. The highest BCUT2D eigenvalue weighted by molar-refractivity contribution is 5.74. The maximum absolute atomic E-state index is 15.3. The third-order valence-corrected chi connectivity index (χ3v) is 9.14. The first-order chi connectivity index (χ1) is 20.0. The summed E-state index contributed by atoms with van der Waals surface area (Å²) in [6.45, 7) is 6.10. The third kappa shape index (κ3) is 6.80. The van der Waals surface area contributed by atoms with Gasteiger partial charge < -0.3 is 4.74 Å². The van der Waals surface area contributed by atoms with Crippen LogP contribution in [0, 0.1) is 35.2 Å². The van der Waals surface area contributed by atoms with E-state index in [0.29, 0.717) is 24.2 Å². The second kappa shape index (κ2) is 13.6. The zero-order valence-electron chi connectivity index (χ0n) is 24.1. The van der Waals surface area contributed by atoms with E-state index in [1.165, 1.54) is 44.2 Å². The van der Waals surface area contributed by atoms with Crippen molar-refractivity contribution in [1.29, 1.82) is 0 Å². The Morgan fingerprint density at radius 1 is 0.805 bits per heavy atom. The Hall–Kier alpha value is -3.27. The number of allylic oxidation sites excluding steroid dienone is 3. The molecule has 0 aromatic heterocycles. The van der Waals surface area contributed by atoms with Crippen molar-refractivity contribution in [3.8, 4) is 28.0 Å². The van der Waals surface area contributed by atoms with Gasteiger partial charge in [-0.3, -0.25) is 0 Å². The molecule has 0 saturated heterocycles. The molecule has 0 N–H and O–H groups in total. The van der Waals surface area contributed by atoms with E-state index < -0.39 is 11.6 Å². The van der Waals surface area contributed by atoms with Gasteiger partial charge in [0.15, 0.2) is 11.6 Å². The highest BCUT2D eigenvalue weighted by atomic mass is 19.2. The van der Waals surface area contributed by atoms with Crippen LogP contribution in [0.15, 0.2) is 73.3 Å². The lowest BCUT2D eigenvalue weighted by atomic mass is 9.70. The van der Waals surface area contributed by atoms with Crippen LogP contribution in [0.1, 0.15) is 76.7 Å². The molecule has 2 aliphatic carbocycles. The monoisotopic (exact) mass is 558 g/mol. The summed E-state index contributed by atoms with van der Waals surface area (Å²) in [7, 11) is 0. The van der Waals surface area contributed by atoms with Crippen molar-refractivity contribution in [2.75, 3.05) is 6.61 Å². The molecule has 0 amide bonds. The molecule has 216 valence electrons. The fourth-order valence-electron chi connectivity index (χ4n) is 6.70. The average Bonchev–Trinajstić information content (AvgIpc) is 3.01. The van der Waals surface area contributed by atoms with Crippen LogP contribution in [0.5, 0.6) is 5.75 Å². The predicted octanol–water partition coefficient (Wildman–Crippen LogP) is 11.2. The minimum atomic E-state index is -0.979. The Balaban J connectivity index is 1.23. The van der Waals surface area contributed by atoms with Crippen molar-refractivity contribution in [2.45, 2.75) is 71.1 Å². The summed E-state index contributed by atoms with van der Waals surface area (Å²) in [5.74, 6) is 0.191. The molecule has 1 fully saturated rings. The predicted molar refractivity (Wildman–Crippen MR) is 163 cm³/mol. The van der Waals surface area contributed by atoms with E-state index in [0.717, 1.165) is 60.1 Å². The Morgan fingerprint density at radius 3 is 2.17 bits per heavy atom. The SMILES string of the molecule is C=CCCC1CCC(C2CC=C(c3ccc(-c4ccc(-c5ccc(OCCC)c(F)c5F)cc4)cc3F)CC2)CC1. The van der Waals surface area contributed by atoms with Gasteiger partial charge in [-0.05, 0) is 110 Å². The van der Waals surface area contributed by atoms with Gasteiger partial charge in [0.25, 0.3) is 0 Å². The lowest BCUT2D eigenvalue weighted by Crippen LogP contribution is -2.23. The minimum absolute atomic E-state index is 0.0778. The van der Waals surface area contributed by atoms with Gasteiger partial charge in [0, 0.05) is 11.1 Å². The number of benzene rings is 3. The minimum Gasteiger partial charge on any atom is -0.490 e. The zero-order chi connectivity index (χ0) is 28.8. The van der Waals surface area contributed by atoms with Gasteiger partial charge in [-0.15, -0.1) is 6.58 Å². The smallest absolute Gasteiger partial charge is 0.201 e. The lowest BCUT2D eigenvalue weighted by Gasteiger charge is -2.35. The Bertz CT molecular complexity index is 1370. The molecule has 4 heteroatoms. The molecule has 41 heavy (non-hydrogen) atoms. The molecule has 1 nitrogen and oxygen atoms in total. The van der Waals surface area contributed by atoms with E-state index >= 15 is 4.39 Å². The van der Waals surface area contributed by atoms with Crippen molar-refractivity contribution < 1.29 is 17.9 Å². The van der Waals surface area contributed by atoms with E-state index in [1.54, 1.807) is 18.2 Å². The van der Waals surface area contributed by atoms with Crippen LogP contribution in [-0.2, 0) is 0 Å². The normalized spacial score (nSPS) is 20.9. The van der Waals surface area contributed by atoms with Gasteiger partial charge in [0.05, 0.1) is 6.61 Å². The third-order valence-electron chi connectivity index (χ3n) is 9.14. The van der Waals surface area contributed by atoms with Gasteiger partial charge >= 0.3 is 0 Å². The van der Waals surface area contributed by atoms with Gasteiger partial charge in [-0.25, -0.2) is 8.78 Å². The summed E-state index contributed by atoms with van der Waals surface area (Å²) < 4.78 is 49.8. The highest BCUT2D eigenvalue weighted by Gasteiger charge is 2.29. The van der Waals surface area contributed by atoms with Gasteiger partial charge in [-0.2, -0.15) is 4.39 Å². The number of hydrogen-bond acceptors (Lipinski definition) is 1. The van der Waals surface area contributed by atoms with E-state index in [1.807, 2.05) is 37.3 Å². The molecule has 0 spiro atoms. The van der Waals surface area contributed by atoms with Crippen molar-refractivity contribution in [1.82, 2.24) is 0 Å². The molecule has 0 radical (unpaired) electrons. The summed E-state index contributed by atoms with van der Waals surface area (Å²) in [6.07, 6.45) is 15.9. The second-order valence-corrected chi connectivity index (χ2v) is 11.8. The number of hydrogen-bond donors (Lipinski definition) is 0. The summed E-state index contributed by atoms with van der Waals surface area (Å²) in [5, 5.41) is 0. The van der Waals surface area contributed by atoms with Crippen LogP contribution in [0.2, 0.25) is 0 Å². The molecule has 0 bridgehead atoms.